The van der Waals surface area contributed by atoms with Gasteiger partial charge in [0, 0.05) is 27.0 Å². The van der Waals surface area contributed by atoms with Crippen molar-refractivity contribution in [3.05, 3.63) is 193 Å². The number of benzene rings is 7. The lowest BCUT2D eigenvalue weighted by molar-refractivity contribution is 0.592. The van der Waals surface area contributed by atoms with Crippen LogP contribution in [0.4, 0.5) is 17.1 Å². The van der Waals surface area contributed by atoms with E-state index in [1.807, 2.05) is 0 Å². The minimum absolute atomic E-state index is 0.155. The first-order valence-electron chi connectivity index (χ1n) is 17.0. The normalized spacial score (nSPS) is 16.1. The van der Waals surface area contributed by atoms with Crippen LogP contribution in [-0.2, 0) is 9.98 Å². The van der Waals surface area contributed by atoms with Crippen LogP contribution in [0.2, 0.25) is 0 Å². The van der Waals surface area contributed by atoms with Gasteiger partial charge in [-0.3, -0.25) is 0 Å². The van der Waals surface area contributed by atoms with Crippen LogP contribution < -0.4 is 41.6 Å². The van der Waals surface area contributed by atoms with E-state index in [-0.39, 0.29) is 5.41 Å². The largest absolute Gasteiger partial charge is 0.310 e. The molecule has 9 rings (SSSR count). The minimum atomic E-state index is -3.33. The van der Waals surface area contributed by atoms with Crippen LogP contribution in [0.15, 0.2) is 182 Å². The third-order valence-corrected chi connectivity index (χ3v) is 19.2. The summed E-state index contributed by atoms with van der Waals surface area (Å²) >= 11 is 0. The standard InChI is InChI=1S/C45H36NOPSi/c1-45(2)37-24-9-11-26-39(37)46(40-27-12-10-25-38(40)45)33-18-17-19-34(32-33)48(47)41-28-13-15-30-43(41)49(35-20-5-3-6-21-35,36-22-7-4-8-23-36)44-31-16-14-29-42(44)48/h3-32H,1-2H3. The molecule has 0 amide bonds. The van der Waals surface area contributed by atoms with Crippen LogP contribution in [0.3, 0.4) is 0 Å². The molecular formula is C45H36NOPSi. The topological polar surface area (TPSA) is 20.3 Å². The van der Waals surface area contributed by atoms with Crippen molar-refractivity contribution in [1.82, 2.24) is 0 Å². The second-order valence-corrected chi connectivity index (χ2v) is 20.1. The Morgan fingerprint density at radius 1 is 0.490 bits per heavy atom. The molecule has 0 N–H and O–H groups in total. The Morgan fingerprint density at radius 3 is 1.47 bits per heavy atom. The van der Waals surface area contributed by atoms with E-state index in [2.05, 4.69) is 201 Å². The van der Waals surface area contributed by atoms with Crippen molar-refractivity contribution in [2.24, 2.45) is 0 Å². The first kappa shape index (κ1) is 29.9. The summed E-state index contributed by atoms with van der Waals surface area (Å²) in [7, 11) is -6.17. The van der Waals surface area contributed by atoms with E-state index in [1.54, 1.807) is 0 Å². The third-order valence-electron chi connectivity index (χ3n) is 10.8. The summed E-state index contributed by atoms with van der Waals surface area (Å²) in [5.41, 5.74) is 5.73. The second kappa shape index (κ2) is 11.2. The third kappa shape index (κ3) is 4.16. The molecule has 0 aromatic heterocycles. The molecule has 2 aliphatic heterocycles. The zero-order valence-corrected chi connectivity index (χ0v) is 29.5. The zero-order chi connectivity index (χ0) is 33.2. The molecule has 0 bridgehead atoms. The SMILES string of the molecule is CC1(C)c2ccccc2N(c2cccc(P3(=O)c4ccccc4[Si](c4ccccc4)(c4ccccc4)c4ccccc43)c2)c2ccccc21. The number of nitrogens with zero attached hydrogens (tertiary/aromatic N) is 1. The van der Waals surface area contributed by atoms with Gasteiger partial charge in [-0.05, 0) is 56.1 Å². The lowest BCUT2D eigenvalue weighted by atomic mass is 9.73. The number of rotatable bonds is 4. The van der Waals surface area contributed by atoms with E-state index in [0.29, 0.717) is 0 Å². The molecule has 0 atom stereocenters. The predicted molar refractivity (Wildman–Crippen MR) is 210 cm³/mol. The minimum Gasteiger partial charge on any atom is -0.310 e. The molecule has 2 heterocycles. The molecule has 7 aromatic carbocycles. The van der Waals surface area contributed by atoms with Gasteiger partial charge in [0.2, 0.25) is 0 Å². The fraction of sp³-hybridized carbons (Fsp3) is 0.0667. The van der Waals surface area contributed by atoms with Crippen LogP contribution in [0.25, 0.3) is 0 Å². The van der Waals surface area contributed by atoms with Gasteiger partial charge in [-0.1, -0.05) is 172 Å². The Hall–Kier alpha value is -5.21. The zero-order valence-electron chi connectivity index (χ0n) is 27.6. The summed E-state index contributed by atoms with van der Waals surface area (Å²) in [6.07, 6.45) is 0. The van der Waals surface area contributed by atoms with Crippen molar-refractivity contribution in [3.63, 3.8) is 0 Å². The fourth-order valence-electron chi connectivity index (χ4n) is 8.62. The lowest BCUT2D eigenvalue weighted by Crippen LogP contribution is -2.81. The van der Waals surface area contributed by atoms with Crippen LogP contribution >= 0.6 is 7.14 Å². The first-order chi connectivity index (χ1) is 24.0. The van der Waals surface area contributed by atoms with Crippen LogP contribution in [-0.4, -0.2) is 8.07 Å². The number of hydrogen-bond donors (Lipinski definition) is 0. The van der Waals surface area contributed by atoms with Crippen molar-refractivity contribution in [3.8, 4) is 0 Å². The number of hydrogen-bond acceptors (Lipinski definition) is 2. The highest BCUT2D eigenvalue weighted by atomic mass is 31.2. The summed E-state index contributed by atoms with van der Waals surface area (Å²) in [5, 5.41) is 7.76. The summed E-state index contributed by atoms with van der Waals surface area (Å²) in [6.45, 7) is 4.62. The van der Waals surface area contributed by atoms with Crippen molar-refractivity contribution < 1.29 is 4.57 Å². The number of para-hydroxylation sites is 2. The molecule has 0 unspecified atom stereocenters. The molecule has 2 nitrogen and oxygen atoms in total. The average Bonchev–Trinajstić information content (AvgIpc) is 3.16. The summed E-state index contributed by atoms with van der Waals surface area (Å²) in [4.78, 5) is 2.36. The highest BCUT2D eigenvalue weighted by Gasteiger charge is 2.52. The van der Waals surface area contributed by atoms with Gasteiger partial charge >= 0.3 is 0 Å². The molecule has 7 aromatic rings. The van der Waals surface area contributed by atoms with Crippen LogP contribution in [0, 0.1) is 0 Å². The monoisotopic (exact) mass is 665 g/mol. The van der Waals surface area contributed by atoms with Gasteiger partial charge in [-0.2, -0.15) is 0 Å². The molecule has 236 valence electrons. The molecule has 0 spiro atoms. The molecule has 0 saturated carbocycles. The van der Waals surface area contributed by atoms with E-state index in [0.717, 1.165) is 33.0 Å². The van der Waals surface area contributed by atoms with Crippen molar-refractivity contribution >= 4 is 68.9 Å². The molecule has 0 aliphatic carbocycles. The number of fused-ring (bicyclic) bond motifs is 4. The van der Waals surface area contributed by atoms with Gasteiger partial charge in [-0.25, -0.2) is 0 Å². The summed E-state index contributed by atoms with van der Waals surface area (Å²) in [5.74, 6) is 0. The van der Waals surface area contributed by atoms with Crippen LogP contribution in [0.5, 0.6) is 0 Å². The quantitative estimate of drug-likeness (QED) is 0.147. The van der Waals surface area contributed by atoms with Crippen molar-refractivity contribution in [2.75, 3.05) is 4.90 Å². The van der Waals surface area contributed by atoms with Gasteiger partial charge in [-0.15, -0.1) is 0 Å². The average molecular weight is 666 g/mol. The lowest BCUT2D eigenvalue weighted by Gasteiger charge is -2.43. The van der Waals surface area contributed by atoms with Gasteiger partial charge in [0.05, 0.1) is 11.4 Å². The predicted octanol–water partition coefficient (Wildman–Crippen LogP) is 7.13. The maximum Gasteiger partial charge on any atom is 0.181 e. The smallest absolute Gasteiger partial charge is 0.181 e. The Kier molecular flexibility index (Phi) is 6.81. The van der Waals surface area contributed by atoms with E-state index >= 15 is 4.57 Å². The fourth-order valence-corrected chi connectivity index (χ4v) is 18.3. The Bertz CT molecular complexity index is 2280. The highest BCUT2D eigenvalue weighted by molar-refractivity contribution is 7.87. The summed E-state index contributed by atoms with van der Waals surface area (Å²) < 4.78 is 16.5. The first-order valence-corrected chi connectivity index (χ1v) is 20.7. The van der Waals surface area contributed by atoms with Crippen molar-refractivity contribution in [1.29, 1.82) is 0 Å². The van der Waals surface area contributed by atoms with E-state index in [9.17, 15) is 0 Å². The van der Waals surface area contributed by atoms with E-state index < -0.39 is 15.2 Å². The molecular weight excluding hydrogens is 630 g/mol. The molecule has 0 fully saturated rings. The van der Waals surface area contributed by atoms with E-state index in [4.69, 9.17) is 0 Å². The van der Waals surface area contributed by atoms with E-state index in [1.165, 1.54) is 31.9 Å². The molecule has 0 saturated heterocycles. The van der Waals surface area contributed by atoms with Gasteiger partial charge < -0.3 is 9.46 Å². The number of anilines is 3. The second-order valence-electron chi connectivity index (χ2n) is 13.6. The van der Waals surface area contributed by atoms with Crippen molar-refractivity contribution in [2.45, 2.75) is 19.3 Å². The van der Waals surface area contributed by atoms with Crippen LogP contribution in [0.1, 0.15) is 25.0 Å². The molecule has 49 heavy (non-hydrogen) atoms. The molecule has 0 radical (unpaired) electrons. The Balaban J connectivity index is 1.32. The Morgan fingerprint density at radius 2 is 0.939 bits per heavy atom. The maximum atomic E-state index is 16.5. The molecule has 4 heteroatoms. The maximum absolute atomic E-state index is 16.5. The highest BCUT2D eigenvalue weighted by Crippen LogP contribution is 2.52. The van der Waals surface area contributed by atoms with Gasteiger partial charge in [0.1, 0.15) is 0 Å². The summed E-state index contributed by atoms with van der Waals surface area (Å²) in [6, 6.07) is 65.0. The van der Waals surface area contributed by atoms with Gasteiger partial charge in [0.15, 0.2) is 15.2 Å². The molecule has 2 aliphatic rings. The van der Waals surface area contributed by atoms with Gasteiger partial charge in [0.25, 0.3) is 0 Å². The Labute approximate surface area is 289 Å².